The minimum Gasteiger partial charge on any atom is -0.340 e. The van der Waals surface area contributed by atoms with Crippen LogP contribution in [0.25, 0.3) is 0 Å². The lowest BCUT2D eigenvalue weighted by molar-refractivity contribution is 0.0690. The third-order valence-corrected chi connectivity index (χ3v) is 6.64. The first kappa shape index (κ1) is 23.5. The normalized spacial score (nSPS) is 13.9. The van der Waals surface area contributed by atoms with Crippen molar-refractivity contribution in [1.29, 1.82) is 0 Å². The van der Waals surface area contributed by atoms with Gasteiger partial charge in [-0.25, -0.2) is 4.98 Å². The predicted octanol–water partition coefficient (Wildman–Crippen LogP) is 6.37. The Morgan fingerprint density at radius 1 is 0.861 bits per heavy atom. The van der Waals surface area contributed by atoms with Gasteiger partial charge < -0.3 is 15.5 Å². The summed E-state index contributed by atoms with van der Waals surface area (Å²) in [5.74, 6) is 1.94. The number of hydrogen-bond acceptors (Lipinski definition) is 5. The van der Waals surface area contributed by atoms with Gasteiger partial charge in [0.25, 0.3) is 5.91 Å². The van der Waals surface area contributed by atoms with E-state index < -0.39 is 0 Å². The first-order chi connectivity index (χ1) is 17.6. The highest BCUT2D eigenvalue weighted by Crippen LogP contribution is 2.24. The van der Waals surface area contributed by atoms with Crippen LogP contribution in [0.5, 0.6) is 0 Å². The zero-order valence-corrected chi connectivity index (χ0v) is 20.5. The molecule has 2 N–H and O–H groups in total. The summed E-state index contributed by atoms with van der Waals surface area (Å²) < 4.78 is 0. The molecule has 0 unspecified atom stereocenters. The number of rotatable bonds is 7. The Bertz CT molecular complexity index is 1280. The largest absolute Gasteiger partial charge is 0.340 e. The van der Waals surface area contributed by atoms with Crippen LogP contribution >= 0.6 is 0 Å². The van der Waals surface area contributed by atoms with Gasteiger partial charge in [-0.15, -0.1) is 0 Å². The van der Waals surface area contributed by atoms with Crippen LogP contribution in [-0.4, -0.2) is 33.9 Å². The zero-order valence-electron chi connectivity index (χ0n) is 20.5. The molecular formula is C30H31N5O. The third kappa shape index (κ3) is 6.08. The average molecular weight is 478 g/mol. The summed E-state index contributed by atoms with van der Waals surface area (Å²) >= 11 is 0. The second-order valence-corrected chi connectivity index (χ2v) is 9.38. The Morgan fingerprint density at radius 3 is 2.25 bits per heavy atom. The number of nitrogens with zero attached hydrogens (tertiary/aromatic N) is 3. The Balaban J connectivity index is 1.15. The summed E-state index contributed by atoms with van der Waals surface area (Å²) in [7, 11) is 0. The number of nitrogens with one attached hydrogen (secondary N) is 2. The number of carbonyl (C=O) groups is 1. The van der Waals surface area contributed by atoms with E-state index in [4.69, 9.17) is 0 Å². The minimum absolute atomic E-state index is 0.0975. The molecule has 182 valence electrons. The third-order valence-electron chi connectivity index (χ3n) is 6.64. The molecule has 6 nitrogen and oxygen atoms in total. The molecule has 4 aromatic rings. The highest BCUT2D eigenvalue weighted by atomic mass is 16.2. The lowest BCUT2D eigenvalue weighted by atomic mass is 9.90. The van der Waals surface area contributed by atoms with Crippen LogP contribution in [0, 0.1) is 12.8 Å². The molecule has 36 heavy (non-hydrogen) atoms. The van der Waals surface area contributed by atoms with Crippen molar-refractivity contribution in [2.24, 2.45) is 5.92 Å². The van der Waals surface area contributed by atoms with Crippen LogP contribution in [0.2, 0.25) is 0 Å². The number of aryl methyl sites for hydroxylation is 1. The molecule has 1 aliphatic heterocycles. The highest BCUT2D eigenvalue weighted by molar-refractivity contribution is 5.94. The number of anilines is 4. The molecule has 1 aliphatic rings. The van der Waals surface area contributed by atoms with Crippen molar-refractivity contribution >= 4 is 29.0 Å². The second-order valence-electron chi connectivity index (χ2n) is 9.38. The van der Waals surface area contributed by atoms with Crippen LogP contribution in [0.3, 0.4) is 0 Å². The number of carbonyl (C=O) groups excluding carboxylic acids is 1. The monoisotopic (exact) mass is 477 g/mol. The van der Waals surface area contributed by atoms with E-state index >= 15 is 0 Å². The molecular weight excluding hydrogens is 446 g/mol. The Morgan fingerprint density at radius 2 is 1.53 bits per heavy atom. The summed E-state index contributed by atoms with van der Waals surface area (Å²) in [5, 5.41) is 6.52. The average Bonchev–Trinajstić information content (AvgIpc) is 2.91. The smallest absolute Gasteiger partial charge is 0.253 e. The van der Waals surface area contributed by atoms with Crippen molar-refractivity contribution in [1.82, 2.24) is 14.9 Å². The van der Waals surface area contributed by atoms with Crippen molar-refractivity contribution in [3.05, 3.63) is 108 Å². The molecule has 1 aromatic heterocycles. The number of aromatic nitrogens is 2. The second kappa shape index (κ2) is 11.0. The van der Waals surface area contributed by atoms with E-state index in [1.165, 1.54) is 11.1 Å². The van der Waals surface area contributed by atoms with Crippen LogP contribution in [0.15, 0.2) is 91.1 Å². The van der Waals surface area contributed by atoms with Crippen molar-refractivity contribution in [2.75, 3.05) is 23.7 Å². The van der Waals surface area contributed by atoms with Crippen molar-refractivity contribution in [3.8, 4) is 0 Å². The number of likely N-dealkylation sites (tertiary alicyclic amines) is 1. The summed E-state index contributed by atoms with van der Waals surface area (Å²) in [6.07, 6.45) is 4.90. The fourth-order valence-electron chi connectivity index (χ4n) is 4.57. The zero-order chi connectivity index (χ0) is 24.7. The molecule has 5 rings (SSSR count). The molecule has 0 spiro atoms. The van der Waals surface area contributed by atoms with Crippen molar-refractivity contribution < 1.29 is 4.79 Å². The van der Waals surface area contributed by atoms with Gasteiger partial charge in [0, 0.05) is 36.2 Å². The van der Waals surface area contributed by atoms with Crippen LogP contribution in [0.1, 0.15) is 34.3 Å². The van der Waals surface area contributed by atoms with E-state index in [2.05, 4.69) is 70.0 Å². The standard InChI is InChI=1S/C30H31N5O/c1-22-7-11-26(12-8-22)32-28-15-18-31-30(34-28)33-27-13-9-25(10-14-27)29(36)35-19-16-24(17-20-35)21-23-5-3-2-4-6-23/h2-15,18,24H,16-17,19-21H2,1H3,(H2,31,32,33,34). The fraction of sp³-hybridized carbons (Fsp3) is 0.233. The van der Waals surface area contributed by atoms with E-state index in [0.717, 1.165) is 43.7 Å². The molecule has 0 bridgehead atoms. The van der Waals surface area contributed by atoms with E-state index in [-0.39, 0.29) is 5.91 Å². The molecule has 0 saturated carbocycles. The molecule has 1 saturated heterocycles. The Kier molecular flexibility index (Phi) is 7.22. The summed E-state index contributed by atoms with van der Waals surface area (Å²) in [4.78, 5) is 23.9. The molecule has 0 aliphatic carbocycles. The SMILES string of the molecule is Cc1ccc(Nc2ccnc(Nc3ccc(C(=O)N4CCC(Cc5ccccc5)CC4)cc3)n2)cc1. The molecule has 1 fully saturated rings. The first-order valence-electron chi connectivity index (χ1n) is 12.5. The van der Waals surface area contributed by atoms with Crippen LogP contribution in [-0.2, 0) is 6.42 Å². The van der Waals surface area contributed by atoms with E-state index in [0.29, 0.717) is 23.2 Å². The number of amides is 1. The van der Waals surface area contributed by atoms with Crippen molar-refractivity contribution in [3.63, 3.8) is 0 Å². The van der Waals surface area contributed by atoms with Gasteiger partial charge in [0.15, 0.2) is 0 Å². The van der Waals surface area contributed by atoms with Gasteiger partial charge in [-0.2, -0.15) is 4.98 Å². The Hall–Kier alpha value is -4.19. The molecule has 0 atom stereocenters. The van der Waals surface area contributed by atoms with Gasteiger partial charge in [0.1, 0.15) is 5.82 Å². The Labute approximate surface area is 212 Å². The van der Waals surface area contributed by atoms with Gasteiger partial charge >= 0.3 is 0 Å². The van der Waals surface area contributed by atoms with E-state index in [1.807, 2.05) is 47.4 Å². The van der Waals surface area contributed by atoms with Gasteiger partial charge in [-0.1, -0.05) is 48.0 Å². The van der Waals surface area contributed by atoms with Gasteiger partial charge in [-0.05, 0) is 80.1 Å². The van der Waals surface area contributed by atoms with Gasteiger partial charge in [0.05, 0.1) is 0 Å². The maximum atomic E-state index is 13.0. The lowest BCUT2D eigenvalue weighted by Gasteiger charge is -2.32. The lowest BCUT2D eigenvalue weighted by Crippen LogP contribution is -2.38. The van der Waals surface area contributed by atoms with Crippen LogP contribution in [0.4, 0.5) is 23.1 Å². The molecule has 0 radical (unpaired) electrons. The fourth-order valence-corrected chi connectivity index (χ4v) is 4.57. The van der Waals surface area contributed by atoms with Crippen molar-refractivity contribution in [2.45, 2.75) is 26.2 Å². The number of hydrogen-bond donors (Lipinski definition) is 2. The molecule has 3 aromatic carbocycles. The minimum atomic E-state index is 0.0975. The summed E-state index contributed by atoms with van der Waals surface area (Å²) in [6, 6.07) is 28.1. The summed E-state index contributed by atoms with van der Waals surface area (Å²) in [6.45, 7) is 3.68. The predicted molar refractivity (Wildman–Crippen MR) is 145 cm³/mol. The maximum absolute atomic E-state index is 13.0. The topological polar surface area (TPSA) is 70.2 Å². The van der Waals surface area contributed by atoms with Crippen LogP contribution < -0.4 is 10.6 Å². The highest BCUT2D eigenvalue weighted by Gasteiger charge is 2.23. The number of piperidine rings is 1. The van der Waals surface area contributed by atoms with E-state index in [1.54, 1.807) is 6.20 Å². The number of benzene rings is 3. The van der Waals surface area contributed by atoms with Gasteiger partial charge in [0.2, 0.25) is 5.95 Å². The maximum Gasteiger partial charge on any atom is 0.253 e. The van der Waals surface area contributed by atoms with Gasteiger partial charge in [-0.3, -0.25) is 4.79 Å². The van der Waals surface area contributed by atoms with E-state index in [9.17, 15) is 4.79 Å². The molecule has 1 amide bonds. The quantitative estimate of drug-likeness (QED) is 0.324. The molecule has 6 heteroatoms. The first-order valence-corrected chi connectivity index (χ1v) is 12.5. The molecule has 2 heterocycles. The summed E-state index contributed by atoms with van der Waals surface area (Å²) in [5.41, 5.74) is 5.10.